The number of hydrogen-bond donors (Lipinski definition) is 1. The number of carbonyl (C=O) groups excluding carboxylic acids is 1. The number of amides is 1. The van der Waals surface area contributed by atoms with Crippen LogP contribution in [0.1, 0.15) is 32.9 Å². The average molecular weight is 389 g/mol. The molecule has 0 aliphatic carbocycles. The number of pyridine rings is 1. The van der Waals surface area contributed by atoms with E-state index < -0.39 is 11.2 Å². The highest BCUT2D eigenvalue weighted by atomic mass is 35.5. The Balaban J connectivity index is 1.86. The van der Waals surface area contributed by atoms with Crippen molar-refractivity contribution < 1.29 is 9.53 Å². The highest BCUT2D eigenvalue weighted by Crippen LogP contribution is 2.27. The van der Waals surface area contributed by atoms with Gasteiger partial charge in [0.05, 0.1) is 5.69 Å². The van der Waals surface area contributed by atoms with Gasteiger partial charge in [0.15, 0.2) is 0 Å². The predicted molar refractivity (Wildman–Crippen MR) is 103 cm³/mol. The lowest BCUT2D eigenvalue weighted by molar-refractivity contribution is 0.0270. The number of hydrogen-bond acceptors (Lipinski definition) is 5. The lowest BCUT2D eigenvalue weighted by Gasteiger charge is -2.29. The summed E-state index contributed by atoms with van der Waals surface area (Å²) in [5.74, 6) is 0.428. The Kier molecular flexibility index (Phi) is 5.32. The van der Waals surface area contributed by atoms with Gasteiger partial charge in [0.1, 0.15) is 16.4 Å². The third kappa shape index (κ3) is 4.54. The number of nitrogens with zero attached hydrogens (tertiary/aromatic N) is 3. The first-order valence-corrected chi connectivity index (χ1v) is 9.00. The molecular formula is C19H21ClN4O3. The largest absolute Gasteiger partial charge is 0.444 e. The van der Waals surface area contributed by atoms with Crippen LogP contribution in [0.25, 0.3) is 17.0 Å². The molecule has 0 aromatic carbocycles. The molecule has 0 radical (unpaired) electrons. The van der Waals surface area contributed by atoms with Crippen LogP contribution in [0.15, 0.2) is 35.4 Å². The molecule has 1 aliphatic heterocycles. The van der Waals surface area contributed by atoms with Crippen molar-refractivity contribution in [3.05, 3.63) is 51.7 Å². The fourth-order valence-electron chi connectivity index (χ4n) is 2.69. The Morgan fingerprint density at radius 1 is 1.30 bits per heavy atom. The molecule has 0 atom stereocenters. The maximum absolute atomic E-state index is 12.3. The lowest BCUT2D eigenvalue weighted by Crippen LogP contribution is -2.39. The normalized spacial score (nSPS) is 14.7. The Labute approximate surface area is 162 Å². The molecule has 0 spiro atoms. The summed E-state index contributed by atoms with van der Waals surface area (Å²) in [6.45, 7) is 6.33. The molecule has 142 valence electrons. The third-order valence-corrected chi connectivity index (χ3v) is 4.33. The number of H-pyrrole nitrogens is 1. The van der Waals surface area contributed by atoms with Crippen molar-refractivity contribution in [3.63, 3.8) is 0 Å². The number of carbonyl (C=O) groups is 1. The van der Waals surface area contributed by atoms with Crippen molar-refractivity contribution in [2.75, 3.05) is 13.1 Å². The zero-order chi connectivity index (χ0) is 19.6. The number of rotatable bonds is 2. The second kappa shape index (κ2) is 7.52. The first-order chi connectivity index (χ1) is 12.7. The van der Waals surface area contributed by atoms with Crippen LogP contribution in [-0.4, -0.2) is 44.6 Å². The minimum absolute atomic E-state index is 0.0461. The molecule has 0 saturated heterocycles. The number of aromatic amines is 1. The van der Waals surface area contributed by atoms with Crippen LogP contribution in [-0.2, 0) is 4.74 Å². The van der Waals surface area contributed by atoms with E-state index in [-0.39, 0.29) is 11.1 Å². The van der Waals surface area contributed by atoms with Gasteiger partial charge in [-0.3, -0.25) is 9.78 Å². The molecule has 1 amide bonds. The van der Waals surface area contributed by atoms with E-state index in [9.17, 15) is 9.59 Å². The highest BCUT2D eigenvalue weighted by molar-refractivity contribution is 6.32. The standard InChI is InChI=1S/C19H21ClN4O3/c1-19(2,3)27-18(26)24-10-6-12(7-11-24)15-14(20)17(25)23-16(22-15)13-4-8-21-9-5-13/h4-6,8-9H,7,10-11H2,1-3H3,(H,22,23,25). The SMILES string of the molecule is CC(C)(C)OC(=O)N1CC=C(c2nc(-c3ccncc3)[nH]c(=O)c2Cl)CC1. The monoisotopic (exact) mass is 388 g/mol. The molecule has 1 aliphatic rings. The van der Waals surface area contributed by atoms with Crippen molar-refractivity contribution in [2.45, 2.75) is 32.8 Å². The first-order valence-electron chi connectivity index (χ1n) is 8.62. The summed E-state index contributed by atoms with van der Waals surface area (Å²) in [4.78, 5) is 37.2. The van der Waals surface area contributed by atoms with Crippen LogP contribution in [0, 0.1) is 0 Å². The van der Waals surface area contributed by atoms with Gasteiger partial charge in [0.25, 0.3) is 5.56 Å². The van der Waals surface area contributed by atoms with E-state index in [1.807, 2.05) is 26.8 Å². The fraction of sp³-hybridized carbons (Fsp3) is 0.368. The van der Waals surface area contributed by atoms with Crippen LogP contribution >= 0.6 is 11.6 Å². The van der Waals surface area contributed by atoms with Crippen LogP contribution in [0.3, 0.4) is 0 Å². The van der Waals surface area contributed by atoms with E-state index in [1.165, 1.54) is 0 Å². The Morgan fingerprint density at radius 3 is 2.59 bits per heavy atom. The summed E-state index contributed by atoms with van der Waals surface area (Å²) in [7, 11) is 0. The molecule has 3 rings (SSSR count). The average Bonchev–Trinajstić information content (AvgIpc) is 2.63. The van der Waals surface area contributed by atoms with Gasteiger partial charge < -0.3 is 14.6 Å². The fourth-order valence-corrected chi connectivity index (χ4v) is 2.91. The maximum atomic E-state index is 12.3. The number of halogens is 1. The number of nitrogens with one attached hydrogen (secondary N) is 1. The van der Waals surface area contributed by atoms with Gasteiger partial charge in [-0.05, 0) is 44.9 Å². The Bertz CT molecular complexity index is 932. The van der Waals surface area contributed by atoms with Crippen LogP contribution in [0.5, 0.6) is 0 Å². The summed E-state index contributed by atoms with van der Waals surface area (Å²) in [6.07, 6.45) is 5.28. The van der Waals surface area contributed by atoms with Crippen LogP contribution < -0.4 is 5.56 Å². The topological polar surface area (TPSA) is 88.2 Å². The van der Waals surface area contributed by atoms with Gasteiger partial charge >= 0.3 is 6.09 Å². The second-order valence-electron chi connectivity index (χ2n) is 7.22. The summed E-state index contributed by atoms with van der Waals surface area (Å²) in [5.41, 5.74) is 1.08. The zero-order valence-electron chi connectivity index (χ0n) is 15.5. The summed E-state index contributed by atoms with van der Waals surface area (Å²) in [5, 5.41) is 0.0461. The number of ether oxygens (including phenoxy) is 1. The second-order valence-corrected chi connectivity index (χ2v) is 7.60. The Morgan fingerprint density at radius 2 is 2.00 bits per heavy atom. The van der Waals surface area contributed by atoms with Gasteiger partial charge in [-0.2, -0.15) is 0 Å². The van der Waals surface area contributed by atoms with Crippen LogP contribution in [0.4, 0.5) is 4.79 Å². The third-order valence-electron chi connectivity index (χ3n) is 3.98. The predicted octanol–water partition coefficient (Wildman–Crippen LogP) is 3.51. The van der Waals surface area contributed by atoms with E-state index in [4.69, 9.17) is 16.3 Å². The molecule has 3 heterocycles. The minimum Gasteiger partial charge on any atom is -0.444 e. The van der Waals surface area contributed by atoms with Crippen molar-refractivity contribution in [1.29, 1.82) is 0 Å². The first kappa shape index (κ1) is 19.1. The van der Waals surface area contributed by atoms with Gasteiger partial charge in [-0.1, -0.05) is 17.7 Å². The van der Waals surface area contributed by atoms with Gasteiger partial charge in [-0.15, -0.1) is 0 Å². The van der Waals surface area contributed by atoms with Crippen LogP contribution in [0.2, 0.25) is 5.02 Å². The molecule has 0 unspecified atom stereocenters. The minimum atomic E-state index is -0.544. The van der Waals surface area contributed by atoms with E-state index in [0.29, 0.717) is 31.0 Å². The highest BCUT2D eigenvalue weighted by Gasteiger charge is 2.25. The Hall–Kier alpha value is -2.67. The van der Waals surface area contributed by atoms with Gasteiger partial charge in [-0.25, -0.2) is 9.78 Å². The molecule has 27 heavy (non-hydrogen) atoms. The number of aromatic nitrogens is 3. The zero-order valence-corrected chi connectivity index (χ0v) is 16.2. The molecule has 8 heteroatoms. The van der Waals surface area contributed by atoms with E-state index >= 15 is 0 Å². The van der Waals surface area contributed by atoms with Crippen molar-refractivity contribution in [1.82, 2.24) is 19.9 Å². The summed E-state index contributed by atoms with van der Waals surface area (Å²) < 4.78 is 5.39. The van der Waals surface area contributed by atoms with Crippen molar-refractivity contribution in [3.8, 4) is 11.4 Å². The molecule has 1 N–H and O–H groups in total. The molecule has 0 saturated carbocycles. The summed E-state index contributed by atoms with van der Waals surface area (Å²) >= 11 is 6.21. The molecule has 7 nitrogen and oxygen atoms in total. The quantitative estimate of drug-likeness (QED) is 0.850. The van der Waals surface area contributed by atoms with Gasteiger partial charge in [0.2, 0.25) is 0 Å². The molecule has 2 aromatic heterocycles. The van der Waals surface area contributed by atoms with E-state index in [1.54, 1.807) is 29.4 Å². The van der Waals surface area contributed by atoms with E-state index in [0.717, 1.165) is 11.1 Å². The molecule has 0 bridgehead atoms. The van der Waals surface area contributed by atoms with Crippen molar-refractivity contribution >= 4 is 23.3 Å². The molecule has 0 fully saturated rings. The lowest BCUT2D eigenvalue weighted by atomic mass is 10.0. The van der Waals surface area contributed by atoms with Crippen molar-refractivity contribution in [2.24, 2.45) is 0 Å². The van der Waals surface area contributed by atoms with Gasteiger partial charge in [0, 0.05) is 31.0 Å². The molecule has 2 aromatic rings. The smallest absolute Gasteiger partial charge is 0.410 e. The van der Waals surface area contributed by atoms with E-state index in [2.05, 4.69) is 15.0 Å². The maximum Gasteiger partial charge on any atom is 0.410 e. The summed E-state index contributed by atoms with van der Waals surface area (Å²) in [6, 6.07) is 3.52. The molecular weight excluding hydrogens is 368 g/mol.